The number of amides is 1. The first-order valence-corrected chi connectivity index (χ1v) is 16.1. The van der Waals surface area contributed by atoms with Gasteiger partial charge < -0.3 is 13.9 Å². The van der Waals surface area contributed by atoms with Gasteiger partial charge in [-0.3, -0.25) is 4.90 Å². The Labute approximate surface area is 220 Å². The average molecular weight is 520 g/mol. The fraction of sp³-hybridized carbons (Fsp3) is 0.724. The zero-order valence-electron chi connectivity index (χ0n) is 24.8. The summed E-state index contributed by atoms with van der Waals surface area (Å²) in [5, 5.41) is 0.152. The fourth-order valence-electron chi connectivity index (χ4n) is 4.51. The van der Waals surface area contributed by atoms with E-state index in [0.717, 1.165) is 29.5 Å². The minimum absolute atomic E-state index is 0.152. The molecule has 0 unspecified atom stereocenters. The number of esters is 1. The monoisotopic (exact) mass is 519 g/mol. The molecular formula is C29H49NO5Si. The molecule has 1 aromatic carbocycles. The standard InChI is InChI=1S/C29H49NO5Si/c1-20-18-21(2)24(29(9,10)15-17-33-36(11,12)28(6,7)8)23(19-20)34-25(31)22-14-13-16-30(22)26(32)35-27(3,4)5/h18-19,22H,13-17H2,1-12H3/t22-/m0/s1. The summed E-state index contributed by atoms with van der Waals surface area (Å²) >= 11 is 0. The molecule has 0 aromatic heterocycles. The second-order valence-electron chi connectivity index (χ2n) is 13.5. The topological polar surface area (TPSA) is 65.1 Å². The molecule has 1 aliphatic heterocycles. The number of aryl methyl sites for hydroxylation is 2. The highest BCUT2D eigenvalue weighted by Gasteiger charge is 2.40. The van der Waals surface area contributed by atoms with Gasteiger partial charge in [0.05, 0.1) is 0 Å². The summed E-state index contributed by atoms with van der Waals surface area (Å²) in [5.41, 5.74) is 2.25. The van der Waals surface area contributed by atoms with Gasteiger partial charge in [-0.2, -0.15) is 0 Å². The van der Waals surface area contributed by atoms with E-state index in [0.29, 0.717) is 25.3 Å². The number of carbonyl (C=O) groups excluding carboxylic acids is 2. The predicted octanol–water partition coefficient (Wildman–Crippen LogP) is 7.30. The fourth-order valence-corrected chi connectivity index (χ4v) is 5.55. The minimum Gasteiger partial charge on any atom is -0.444 e. The van der Waals surface area contributed by atoms with Gasteiger partial charge in [0.15, 0.2) is 8.32 Å². The van der Waals surface area contributed by atoms with E-state index in [9.17, 15) is 9.59 Å². The van der Waals surface area contributed by atoms with Crippen molar-refractivity contribution in [1.82, 2.24) is 4.90 Å². The van der Waals surface area contributed by atoms with Crippen molar-refractivity contribution < 1.29 is 23.5 Å². The lowest BCUT2D eigenvalue weighted by molar-refractivity contribution is -0.139. The van der Waals surface area contributed by atoms with Crippen LogP contribution < -0.4 is 4.74 Å². The van der Waals surface area contributed by atoms with Gasteiger partial charge in [-0.05, 0) is 94.6 Å². The number of rotatable bonds is 7. The number of carbonyl (C=O) groups is 2. The highest BCUT2D eigenvalue weighted by molar-refractivity contribution is 6.74. The number of nitrogens with zero attached hydrogens (tertiary/aromatic N) is 1. The Balaban J connectivity index is 2.25. The van der Waals surface area contributed by atoms with Crippen LogP contribution in [0.25, 0.3) is 0 Å². The number of likely N-dealkylation sites (tertiary alicyclic amines) is 1. The van der Waals surface area contributed by atoms with E-state index in [2.05, 4.69) is 60.7 Å². The van der Waals surface area contributed by atoms with Crippen LogP contribution in [0.15, 0.2) is 12.1 Å². The molecule has 0 N–H and O–H groups in total. The molecule has 2 rings (SSSR count). The Morgan fingerprint density at radius 2 is 1.64 bits per heavy atom. The van der Waals surface area contributed by atoms with E-state index >= 15 is 0 Å². The number of hydrogen-bond acceptors (Lipinski definition) is 5. The van der Waals surface area contributed by atoms with Gasteiger partial charge >= 0.3 is 12.1 Å². The van der Waals surface area contributed by atoms with Gasteiger partial charge in [-0.1, -0.05) is 40.7 Å². The summed E-state index contributed by atoms with van der Waals surface area (Å²) < 4.78 is 18.1. The van der Waals surface area contributed by atoms with Crippen molar-refractivity contribution in [1.29, 1.82) is 0 Å². The number of benzene rings is 1. The summed E-state index contributed by atoms with van der Waals surface area (Å²) in [6.07, 6.45) is 1.66. The zero-order chi connectivity index (χ0) is 27.7. The van der Waals surface area contributed by atoms with Crippen LogP contribution in [-0.4, -0.2) is 50.1 Å². The maximum absolute atomic E-state index is 13.4. The van der Waals surface area contributed by atoms with E-state index in [1.807, 2.05) is 33.8 Å². The van der Waals surface area contributed by atoms with Crippen LogP contribution in [0.5, 0.6) is 5.75 Å². The van der Waals surface area contributed by atoms with Crippen LogP contribution in [0.2, 0.25) is 18.1 Å². The largest absolute Gasteiger partial charge is 0.444 e. The molecule has 1 amide bonds. The molecule has 6 nitrogen and oxygen atoms in total. The summed E-state index contributed by atoms with van der Waals surface area (Å²) in [4.78, 5) is 27.6. The van der Waals surface area contributed by atoms with E-state index in [-0.39, 0.29) is 10.5 Å². The number of hydrogen-bond donors (Lipinski definition) is 0. The van der Waals surface area contributed by atoms with Crippen molar-refractivity contribution in [3.05, 3.63) is 28.8 Å². The number of ether oxygens (including phenoxy) is 2. The molecule has 7 heteroatoms. The first kappa shape index (κ1) is 30.4. The van der Waals surface area contributed by atoms with Crippen molar-refractivity contribution in [2.75, 3.05) is 13.2 Å². The first-order valence-electron chi connectivity index (χ1n) is 13.2. The summed E-state index contributed by atoms with van der Waals surface area (Å²) in [6.45, 7) is 26.3. The molecule has 0 spiro atoms. The van der Waals surface area contributed by atoms with Crippen molar-refractivity contribution in [2.24, 2.45) is 0 Å². The molecule has 0 saturated carbocycles. The third kappa shape index (κ3) is 7.57. The second-order valence-corrected chi connectivity index (χ2v) is 18.3. The van der Waals surface area contributed by atoms with Gasteiger partial charge in [0.1, 0.15) is 17.4 Å². The first-order chi connectivity index (χ1) is 16.2. The molecule has 1 saturated heterocycles. The van der Waals surface area contributed by atoms with Gasteiger partial charge in [0.25, 0.3) is 0 Å². The Hall–Kier alpha value is -1.86. The SMILES string of the molecule is Cc1cc(C)c(C(C)(C)CCO[Si](C)(C)C(C)(C)C)c(OC(=O)[C@@H]2CCCN2C(=O)OC(C)(C)C)c1. The van der Waals surface area contributed by atoms with Crippen LogP contribution >= 0.6 is 0 Å². The Kier molecular flexibility index (Phi) is 9.16. The van der Waals surface area contributed by atoms with Gasteiger partial charge in [0.2, 0.25) is 0 Å². The van der Waals surface area contributed by atoms with Crippen LogP contribution in [0, 0.1) is 13.8 Å². The molecule has 204 valence electrons. The Morgan fingerprint density at radius 1 is 1.03 bits per heavy atom. The van der Waals surface area contributed by atoms with Crippen molar-refractivity contribution in [3.8, 4) is 5.75 Å². The van der Waals surface area contributed by atoms with Crippen molar-refractivity contribution in [2.45, 2.75) is 124 Å². The minimum atomic E-state index is -1.86. The van der Waals surface area contributed by atoms with Gasteiger partial charge in [0, 0.05) is 18.7 Å². The molecule has 1 fully saturated rings. The normalized spacial score (nSPS) is 17.3. The van der Waals surface area contributed by atoms with E-state index in [4.69, 9.17) is 13.9 Å². The highest BCUT2D eigenvalue weighted by atomic mass is 28.4. The highest BCUT2D eigenvalue weighted by Crippen LogP contribution is 2.40. The molecule has 0 radical (unpaired) electrons. The molecule has 1 heterocycles. The van der Waals surface area contributed by atoms with Crippen LogP contribution in [0.4, 0.5) is 4.79 Å². The Bertz CT molecular complexity index is 956. The lowest BCUT2D eigenvalue weighted by atomic mass is 9.78. The lowest BCUT2D eigenvalue weighted by Gasteiger charge is -2.37. The summed E-state index contributed by atoms with van der Waals surface area (Å²) in [7, 11) is -1.86. The quantitative estimate of drug-likeness (QED) is 0.215. The third-order valence-corrected chi connectivity index (χ3v) is 12.0. The molecule has 1 atom stereocenters. The van der Waals surface area contributed by atoms with Crippen molar-refractivity contribution in [3.63, 3.8) is 0 Å². The summed E-state index contributed by atoms with van der Waals surface area (Å²) in [5.74, 6) is 0.170. The predicted molar refractivity (Wildman–Crippen MR) is 148 cm³/mol. The molecule has 36 heavy (non-hydrogen) atoms. The Morgan fingerprint density at radius 3 is 2.19 bits per heavy atom. The average Bonchev–Trinajstić information content (AvgIpc) is 3.14. The third-order valence-electron chi connectivity index (χ3n) is 7.48. The second kappa shape index (κ2) is 10.9. The van der Waals surface area contributed by atoms with Gasteiger partial charge in [-0.25, -0.2) is 9.59 Å². The maximum Gasteiger partial charge on any atom is 0.411 e. The van der Waals surface area contributed by atoms with Crippen LogP contribution in [0.1, 0.15) is 91.3 Å². The zero-order valence-corrected chi connectivity index (χ0v) is 25.8. The van der Waals surface area contributed by atoms with E-state index in [1.54, 1.807) is 0 Å². The van der Waals surface area contributed by atoms with E-state index in [1.165, 1.54) is 4.90 Å². The molecule has 0 aliphatic carbocycles. The van der Waals surface area contributed by atoms with Crippen molar-refractivity contribution >= 4 is 20.4 Å². The molecule has 1 aliphatic rings. The van der Waals surface area contributed by atoms with Crippen LogP contribution in [-0.2, 0) is 19.4 Å². The van der Waals surface area contributed by atoms with Crippen LogP contribution in [0.3, 0.4) is 0 Å². The molecule has 0 bridgehead atoms. The summed E-state index contributed by atoms with van der Waals surface area (Å²) in [6, 6.07) is 3.42. The van der Waals surface area contributed by atoms with Gasteiger partial charge in [-0.15, -0.1) is 0 Å². The smallest absolute Gasteiger partial charge is 0.411 e. The molecular weight excluding hydrogens is 470 g/mol. The molecule has 1 aromatic rings. The lowest BCUT2D eigenvalue weighted by Crippen LogP contribution is -2.45. The maximum atomic E-state index is 13.4. The van der Waals surface area contributed by atoms with E-state index < -0.39 is 32.0 Å².